The Hall–Kier alpha value is -1.61. The number of carbonyl (C=O) groups excluding carboxylic acids is 1. The number of benzene rings is 1. The van der Waals surface area contributed by atoms with Crippen LogP contribution >= 0.6 is 0 Å². The van der Waals surface area contributed by atoms with Gasteiger partial charge in [0.05, 0.1) is 12.0 Å². The molecule has 0 unspecified atom stereocenters. The summed E-state index contributed by atoms with van der Waals surface area (Å²) in [6, 6.07) is 11.0. The molecule has 0 amide bonds. The lowest BCUT2D eigenvalue weighted by Crippen LogP contribution is -2.56. The quantitative estimate of drug-likeness (QED) is 0.587. The van der Waals surface area contributed by atoms with Crippen molar-refractivity contribution in [2.75, 3.05) is 19.7 Å². The highest BCUT2D eigenvalue weighted by atomic mass is 16.5. The molecule has 1 aromatic rings. The van der Waals surface area contributed by atoms with E-state index in [9.17, 15) is 4.79 Å². The van der Waals surface area contributed by atoms with Crippen molar-refractivity contribution in [1.82, 2.24) is 4.90 Å². The second-order valence-electron chi connectivity index (χ2n) is 7.29. The van der Waals surface area contributed by atoms with Crippen molar-refractivity contribution in [3.05, 3.63) is 48.6 Å². The molecular weight excluding hydrogens is 298 g/mol. The normalized spacial score (nSPS) is 29.9. The first-order valence-electron chi connectivity index (χ1n) is 9.25. The van der Waals surface area contributed by atoms with E-state index in [-0.39, 0.29) is 11.4 Å². The average molecular weight is 327 g/mol. The minimum Gasteiger partial charge on any atom is -0.466 e. The molecule has 0 bridgehead atoms. The minimum atomic E-state index is -0.309. The van der Waals surface area contributed by atoms with Crippen LogP contribution in [-0.2, 0) is 16.0 Å². The van der Waals surface area contributed by atoms with Gasteiger partial charge in [0.2, 0.25) is 0 Å². The van der Waals surface area contributed by atoms with Gasteiger partial charge in [-0.1, -0.05) is 42.8 Å². The van der Waals surface area contributed by atoms with Crippen LogP contribution < -0.4 is 0 Å². The van der Waals surface area contributed by atoms with Gasteiger partial charge in [0.25, 0.3) is 0 Å². The van der Waals surface area contributed by atoms with E-state index in [0.717, 1.165) is 45.2 Å². The molecule has 3 rings (SSSR count). The lowest BCUT2D eigenvalue weighted by Gasteiger charge is -2.48. The Kier molecular flexibility index (Phi) is 5.40. The molecule has 1 aliphatic carbocycles. The molecule has 1 aliphatic heterocycles. The van der Waals surface area contributed by atoms with Gasteiger partial charge in [-0.15, -0.1) is 6.58 Å². The smallest absolute Gasteiger partial charge is 0.313 e. The Labute approximate surface area is 145 Å². The van der Waals surface area contributed by atoms with Crippen LogP contribution in [-0.4, -0.2) is 36.6 Å². The van der Waals surface area contributed by atoms with Crippen molar-refractivity contribution < 1.29 is 9.53 Å². The number of esters is 1. The van der Waals surface area contributed by atoms with E-state index in [2.05, 4.69) is 41.8 Å². The fraction of sp³-hybridized carbons (Fsp3) is 0.571. The molecular formula is C21H29NO2. The largest absolute Gasteiger partial charge is 0.466 e. The van der Waals surface area contributed by atoms with Gasteiger partial charge in [-0.05, 0) is 44.1 Å². The number of piperidine rings is 1. The number of nitrogens with zero attached hydrogens (tertiary/aromatic N) is 1. The van der Waals surface area contributed by atoms with E-state index in [0.29, 0.717) is 18.6 Å². The molecule has 1 aromatic carbocycles. The minimum absolute atomic E-state index is 0.0272. The van der Waals surface area contributed by atoms with Crippen molar-refractivity contribution in [1.29, 1.82) is 0 Å². The maximum atomic E-state index is 12.9. The predicted octanol–water partition coefficient (Wildman–Crippen LogP) is 3.84. The molecule has 130 valence electrons. The number of hydrogen-bond donors (Lipinski definition) is 0. The SMILES string of the molecule is C=CCN1C[C@@H](Cc2ccccc2)C[C@]2(C(=O)OCC)CCC[C@@H]12. The average Bonchev–Trinajstić information content (AvgIpc) is 3.02. The standard InChI is InChI=1S/C21H29NO2/c1-3-13-22-16-18(14-17-9-6-5-7-10-17)15-21(20(23)24-4-2)12-8-11-19(21)22/h3,5-7,9-10,18-19H,1,4,8,11-16H2,2H3/t18-,19+,21+/m0/s1. The van der Waals surface area contributed by atoms with Gasteiger partial charge in [-0.25, -0.2) is 0 Å². The van der Waals surface area contributed by atoms with E-state index in [1.54, 1.807) is 0 Å². The van der Waals surface area contributed by atoms with Gasteiger partial charge in [0.1, 0.15) is 0 Å². The van der Waals surface area contributed by atoms with Crippen LogP contribution in [0, 0.1) is 11.3 Å². The second kappa shape index (κ2) is 7.52. The fourth-order valence-corrected chi connectivity index (χ4v) is 4.91. The first-order chi connectivity index (χ1) is 11.7. The van der Waals surface area contributed by atoms with Gasteiger partial charge in [0.15, 0.2) is 0 Å². The molecule has 1 heterocycles. The van der Waals surface area contributed by atoms with Crippen LogP contribution in [0.2, 0.25) is 0 Å². The van der Waals surface area contributed by atoms with Gasteiger partial charge < -0.3 is 4.74 Å². The lowest BCUT2D eigenvalue weighted by molar-refractivity contribution is -0.163. The topological polar surface area (TPSA) is 29.5 Å². The zero-order chi connectivity index (χ0) is 17.0. The Bertz CT molecular complexity index is 570. The molecule has 0 spiro atoms. The van der Waals surface area contributed by atoms with Crippen LogP contribution in [0.5, 0.6) is 0 Å². The number of ether oxygens (including phenoxy) is 1. The summed E-state index contributed by atoms with van der Waals surface area (Å²) in [6.45, 7) is 8.21. The van der Waals surface area contributed by atoms with E-state index in [1.165, 1.54) is 5.56 Å². The molecule has 1 saturated carbocycles. The Balaban J connectivity index is 1.84. The first kappa shape index (κ1) is 17.2. The van der Waals surface area contributed by atoms with Crippen molar-refractivity contribution >= 4 is 5.97 Å². The molecule has 3 heteroatoms. The number of fused-ring (bicyclic) bond motifs is 1. The number of hydrogen-bond acceptors (Lipinski definition) is 3. The van der Waals surface area contributed by atoms with Crippen molar-refractivity contribution in [2.24, 2.45) is 11.3 Å². The summed E-state index contributed by atoms with van der Waals surface area (Å²) in [5, 5.41) is 0. The highest BCUT2D eigenvalue weighted by molar-refractivity contribution is 5.78. The van der Waals surface area contributed by atoms with Crippen LogP contribution in [0.3, 0.4) is 0 Å². The van der Waals surface area contributed by atoms with Crippen molar-refractivity contribution in [3.63, 3.8) is 0 Å². The molecule has 1 saturated heterocycles. The molecule has 2 aliphatic rings. The summed E-state index contributed by atoms with van der Waals surface area (Å²) < 4.78 is 5.52. The maximum absolute atomic E-state index is 12.9. The van der Waals surface area contributed by atoms with Gasteiger partial charge in [-0.2, -0.15) is 0 Å². The van der Waals surface area contributed by atoms with Crippen LogP contribution in [0.1, 0.15) is 38.2 Å². The fourth-order valence-electron chi connectivity index (χ4n) is 4.91. The Morgan fingerprint density at radius 2 is 2.21 bits per heavy atom. The molecule has 0 radical (unpaired) electrons. The summed E-state index contributed by atoms with van der Waals surface area (Å²) in [7, 11) is 0. The van der Waals surface area contributed by atoms with E-state index < -0.39 is 0 Å². The van der Waals surface area contributed by atoms with Gasteiger partial charge in [0, 0.05) is 19.1 Å². The van der Waals surface area contributed by atoms with E-state index in [4.69, 9.17) is 4.74 Å². The van der Waals surface area contributed by atoms with Crippen LogP contribution in [0.25, 0.3) is 0 Å². The summed E-state index contributed by atoms with van der Waals surface area (Å²) in [6.07, 6.45) is 7.15. The summed E-state index contributed by atoms with van der Waals surface area (Å²) in [5.74, 6) is 0.519. The molecule has 3 atom stereocenters. The van der Waals surface area contributed by atoms with Crippen molar-refractivity contribution in [2.45, 2.75) is 45.1 Å². The monoisotopic (exact) mass is 327 g/mol. The predicted molar refractivity (Wildman–Crippen MR) is 96.7 cm³/mol. The maximum Gasteiger partial charge on any atom is 0.313 e. The zero-order valence-electron chi connectivity index (χ0n) is 14.7. The Morgan fingerprint density at radius 1 is 1.42 bits per heavy atom. The summed E-state index contributed by atoms with van der Waals surface area (Å²) in [5.41, 5.74) is 1.05. The molecule has 0 aromatic heterocycles. The summed E-state index contributed by atoms with van der Waals surface area (Å²) in [4.78, 5) is 15.4. The highest BCUT2D eigenvalue weighted by Crippen LogP contribution is 2.50. The molecule has 2 fully saturated rings. The number of carbonyl (C=O) groups is 1. The first-order valence-corrected chi connectivity index (χ1v) is 9.25. The van der Waals surface area contributed by atoms with Crippen molar-refractivity contribution in [3.8, 4) is 0 Å². The van der Waals surface area contributed by atoms with E-state index in [1.807, 2.05) is 13.0 Å². The zero-order valence-corrected chi connectivity index (χ0v) is 14.7. The Morgan fingerprint density at radius 3 is 2.92 bits per heavy atom. The highest BCUT2D eigenvalue weighted by Gasteiger charge is 2.55. The third-order valence-electron chi connectivity index (χ3n) is 5.74. The van der Waals surface area contributed by atoms with Gasteiger partial charge in [-0.3, -0.25) is 9.69 Å². The van der Waals surface area contributed by atoms with Crippen LogP contribution in [0.15, 0.2) is 43.0 Å². The number of rotatable bonds is 6. The third-order valence-corrected chi connectivity index (χ3v) is 5.74. The van der Waals surface area contributed by atoms with E-state index >= 15 is 0 Å². The lowest BCUT2D eigenvalue weighted by atomic mass is 9.69. The number of likely N-dealkylation sites (tertiary alicyclic amines) is 1. The van der Waals surface area contributed by atoms with Gasteiger partial charge >= 0.3 is 5.97 Å². The molecule has 3 nitrogen and oxygen atoms in total. The molecule has 0 N–H and O–H groups in total. The summed E-state index contributed by atoms with van der Waals surface area (Å²) >= 11 is 0. The molecule has 24 heavy (non-hydrogen) atoms. The third kappa shape index (κ3) is 3.27. The second-order valence-corrected chi connectivity index (χ2v) is 7.29. The van der Waals surface area contributed by atoms with Crippen LogP contribution in [0.4, 0.5) is 0 Å².